The Morgan fingerprint density at radius 2 is 1.92 bits per heavy atom. The van der Waals surface area contributed by atoms with Crippen LogP contribution in [0.3, 0.4) is 0 Å². The van der Waals surface area contributed by atoms with Crippen molar-refractivity contribution < 1.29 is 23.5 Å². The summed E-state index contributed by atoms with van der Waals surface area (Å²) in [5, 5.41) is 5.95. The molecule has 2 aromatic carbocycles. The molecule has 0 bridgehead atoms. The molecule has 39 heavy (non-hydrogen) atoms. The van der Waals surface area contributed by atoms with Gasteiger partial charge in [-0.05, 0) is 6.07 Å². The summed E-state index contributed by atoms with van der Waals surface area (Å²) in [5.74, 6) is 0.0998. The Hall–Kier alpha value is -3.38. The number of methoxy groups -OCH3 is 1. The number of imide groups is 1. The van der Waals surface area contributed by atoms with Crippen molar-refractivity contribution in [3.8, 4) is 5.75 Å². The van der Waals surface area contributed by atoms with Crippen LogP contribution in [0.4, 0.5) is 4.79 Å². The van der Waals surface area contributed by atoms with Gasteiger partial charge < -0.3 is 4.74 Å². The summed E-state index contributed by atoms with van der Waals surface area (Å²) in [6.07, 6.45) is 1.12. The van der Waals surface area contributed by atoms with Crippen LogP contribution in [-0.4, -0.2) is 105 Å². The second kappa shape index (κ2) is 9.98. The number of rotatable bonds is 6. The molecule has 1 atom stereocenters. The van der Waals surface area contributed by atoms with Crippen molar-refractivity contribution in [1.29, 1.82) is 0 Å². The molecule has 10 nitrogen and oxygen atoms in total. The summed E-state index contributed by atoms with van der Waals surface area (Å²) in [6, 6.07) is 12.6. The molecular weight excluding hydrogens is 605 g/mol. The number of carbonyl (C=O) groups is 3. The number of nitrogens with one attached hydrogen (secondary N) is 2. The Bertz CT molecular complexity index is 1520. The zero-order valence-electron chi connectivity index (χ0n) is 21.9. The van der Waals surface area contributed by atoms with Crippen LogP contribution in [-0.2, 0) is 16.9 Å². The van der Waals surface area contributed by atoms with Crippen LogP contribution < -0.4 is 15.4 Å². The molecule has 0 unspecified atom stereocenters. The Kier molecular flexibility index (Phi) is 6.62. The van der Waals surface area contributed by atoms with E-state index < -0.39 is 17.5 Å². The monoisotopic (exact) mass is 635 g/mol. The van der Waals surface area contributed by atoms with Crippen molar-refractivity contribution in [2.24, 2.45) is 0 Å². The third kappa shape index (κ3) is 4.59. The first-order valence-corrected chi connectivity index (χ1v) is 14.4. The van der Waals surface area contributed by atoms with Crippen LogP contribution in [0, 0.1) is 0 Å². The van der Waals surface area contributed by atoms with Crippen LogP contribution in [0.25, 0.3) is 11.0 Å². The standard InChI is InChI=1S/C28H29N5O5.Sn/c1-31-8-3-9-32(11-10-31)15-18-4-7-23-20(12-18)13-24(38-23)28(26(35)29-27(36)30-28)17-33-16-19-5-6-21(37-2)14-22(19)25(33)34;/h4-7,12-14H,3,8-11,16-17H2,1-2H3,(H2,29,30,35,36);/t28-;/m0./s1. The molecule has 0 saturated carbocycles. The van der Waals surface area contributed by atoms with E-state index in [0.29, 0.717) is 29.2 Å². The summed E-state index contributed by atoms with van der Waals surface area (Å²) >= 11 is 1.33. The third-order valence-electron chi connectivity index (χ3n) is 7.81. The first-order chi connectivity index (χ1) is 18.8. The molecule has 3 aliphatic rings. The second-order valence-corrected chi connectivity index (χ2v) is 11.7. The van der Waals surface area contributed by atoms with Crippen molar-refractivity contribution in [3.63, 3.8) is 0 Å². The quantitative estimate of drug-likeness (QED) is 0.312. The second-order valence-electron chi connectivity index (χ2n) is 10.4. The third-order valence-corrected chi connectivity index (χ3v) is 9.54. The molecule has 11 heteroatoms. The number of hydrogen-bond donors (Lipinski definition) is 2. The molecule has 4 heterocycles. The number of carbonyl (C=O) groups excluding carboxylic acids is 3. The molecule has 0 spiro atoms. The number of benzene rings is 2. The van der Waals surface area contributed by atoms with E-state index in [0.717, 1.165) is 49.1 Å². The van der Waals surface area contributed by atoms with Gasteiger partial charge in [-0.1, -0.05) is 0 Å². The van der Waals surface area contributed by atoms with Gasteiger partial charge in [0.1, 0.15) is 5.75 Å². The van der Waals surface area contributed by atoms with E-state index in [1.54, 1.807) is 30.2 Å². The van der Waals surface area contributed by atoms with Crippen molar-refractivity contribution in [3.05, 3.63) is 64.9 Å². The number of likely N-dealkylation sites (N-methyl/N-ethyl adjacent to an activating group) is 1. The maximum atomic E-state index is 13.3. The minimum atomic E-state index is -1.54. The van der Waals surface area contributed by atoms with Crippen LogP contribution >= 0.6 is 0 Å². The number of amides is 4. The van der Waals surface area contributed by atoms with Gasteiger partial charge in [0.15, 0.2) is 0 Å². The maximum absolute atomic E-state index is 13.3. The predicted octanol–water partition coefficient (Wildman–Crippen LogP) is 1.42. The summed E-state index contributed by atoms with van der Waals surface area (Å²) in [4.78, 5) is 45.3. The average molecular weight is 634 g/mol. The number of furan rings is 1. The minimum absolute atomic E-state index is 0.0655. The molecule has 200 valence electrons. The van der Waals surface area contributed by atoms with E-state index in [9.17, 15) is 14.4 Å². The molecule has 6 rings (SSSR count). The van der Waals surface area contributed by atoms with E-state index in [-0.39, 0.29) is 12.5 Å². The van der Waals surface area contributed by atoms with Gasteiger partial charge in [-0.15, -0.1) is 0 Å². The average Bonchev–Trinajstić information content (AvgIpc) is 3.52. The van der Waals surface area contributed by atoms with Crippen molar-refractivity contribution in [2.75, 3.05) is 46.9 Å². The molecule has 3 aromatic rings. The molecule has 4 amide bonds. The fourth-order valence-electron chi connectivity index (χ4n) is 5.59. The Morgan fingerprint density at radius 3 is 2.69 bits per heavy atom. The molecular formula is C28H29N5O5Sn. The Morgan fingerprint density at radius 1 is 1.08 bits per heavy atom. The topological polar surface area (TPSA) is 107 Å². The van der Waals surface area contributed by atoms with Crippen molar-refractivity contribution in [2.45, 2.75) is 18.5 Å². The summed E-state index contributed by atoms with van der Waals surface area (Å²) in [5.41, 5.74) is 1.55. The fraction of sp³-hybridized carbons (Fsp3) is 0.357. The van der Waals surface area contributed by atoms with Crippen LogP contribution in [0.15, 0.2) is 46.9 Å². The van der Waals surface area contributed by atoms with Crippen LogP contribution in [0.5, 0.6) is 5.75 Å². The summed E-state index contributed by atoms with van der Waals surface area (Å²) in [6.45, 7) is 4.38. The normalized spacial score (nSPS) is 21.6. The Balaban J connectivity index is 1.31. The van der Waals surface area contributed by atoms with Gasteiger partial charge in [0.05, 0.1) is 7.11 Å². The number of urea groups is 1. The fourth-order valence-corrected chi connectivity index (χ4v) is 6.67. The zero-order chi connectivity index (χ0) is 27.3. The van der Waals surface area contributed by atoms with Crippen molar-refractivity contribution in [1.82, 2.24) is 25.3 Å². The number of nitrogens with zero attached hydrogens (tertiary/aromatic N) is 3. The number of ether oxygens (including phenoxy) is 1. The van der Waals surface area contributed by atoms with Gasteiger partial charge in [0.25, 0.3) is 0 Å². The molecule has 2 fully saturated rings. The van der Waals surface area contributed by atoms with Gasteiger partial charge in [-0.2, -0.15) is 0 Å². The van der Waals surface area contributed by atoms with Crippen LogP contribution in [0.2, 0.25) is 0 Å². The van der Waals surface area contributed by atoms with E-state index in [1.165, 1.54) is 25.7 Å². The molecule has 1 aromatic heterocycles. The van der Waals surface area contributed by atoms with Gasteiger partial charge >= 0.3 is 216 Å². The van der Waals surface area contributed by atoms with E-state index in [2.05, 4.69) is 33.5 Å². The zero-order valence-corrected chi connectivity index (χ0v) is 24.7. The molecule has 0 aliphatic carbocycles. The Labute approximate surface area is 238 Å². The summed E-state index contributed by atoms with van der Waals surface area (Å²) in [7, 11) is 3.71. The van der Waals surface area contributed by atoms with Gasteiger partial charge in [-0.25, -0.2) is 0 Å². The first-order valence-electron chi connectivity index (χ1n) is 12.9. The molecule has 2 saturated heterocycles. The first kappa shape index (κ1) is 25.9. The summed E-state index contributed by atoms with van der Waals surface area (Å²) < 4.78 is 12.7. The predicted molar refractivity (Wildman–Crippen MR) is 146 cm³/mol. The molecule has 2 N–H and O–H groups in total. The van der Waals surface area contributed by atoms with E-state index in [1.807, 2.05) is 18.2 Å². The van der Waals surface area contributed by atoms with Gasteiger partial charge in [-0.3, -0.25) is 0 Å². The SMILES string of the molecule is COc1ccc2c(c1)C(=O)N(C[C@@]1(c3cc4cc([C](=[Sn])N5CCCN(C)CC5)ccc4o3)NC(=O)NC1=O)C2. The van der Waals surface area contributed by atoms with Gasteiger partial charge in [0.2, 0.25) is 0 Å². The van der Waals surface area contributed by atoms with E-state index in [4.69, 9.17) is 9.15 Å². The molecule has 3 aliphatic heterocycles. The van der Waals surface area contributed by atoms with Crippen molar-refractivity contribution >= 4 is 54.5 Å². The number of hydrogen-bond acceptors (Lipinski definition) is 7. The van der Waals surface area contributed by atoms with Crippen LogP contribution in [0.1, 0.15) is 33.7 Å². The van der Waals surface area contributed by atoms with E-state index >= 15 is 0 Å². The van der Waals surface area contributed by atoms with Gasteiger partial charge in [0, 0.05) is 0 Å². The number of fused-ring (bicyclic) bond motifs is 2. The molecule has 2 radical (unpaired) electrons.